The Morgan fingerprint density at radius 1 is 1.16 bits per heavy atom. The largest absolute Gasteiger partial charge is 0.497 e. The molecule has 0 spiro atoms. The van der Waals surface area contributed by atoms with Crippen LogP contribution in [0.25, 0.3) is 0 Å². The van der Waals surface area contributed by atoms with Crippen LogP contribution in [0.5, 0.6) is 5.75 Å². The highest BCUT2D eigenvalue weighted by molar-refractivity contribution is 6.31. The number of ether oxygens (including phenoxy) is 1. The number of rotatable bonds is 3. The third-order valence-electron chi connectivity index (χ3n) is 4.60. The van der Waals surface area contributed by atoms with E-state index in [0.29, 0.717) is 5.02 Å². The molecule has 5 heteroatoms. The van der Waals surface area contributed by atoms with E-state index in [9.17, 15) is 4.79 Å². The van der Waals surface area contributed by atoms with Crippen molar-refractivity contribution in [1.82, 2.24) is 4.90 Å². The molecule has 25 heavy (non-hydrogen) atoms. The van der Waals surface area contributed by atoms with Crippen molar-refractivity contribution in [2.24, 2.45) is 0 Å². The number of hydrogen-bond donors (Lipinski definition) is 1. The van der Waals surface area contributed by atoms with Gasteiger partial charge in [-0.25, -0.2) is 4.79 Å². The van der Waals surface area contributed by atoms with E-state index in [4.69, 9.17) is 16.3 Å². The van der Waals surface area contributed by atoms with Crippen molar-refractivity contribution < 1.29 is 9.53 Å². The lowest BCUT2D eigenvalue weighted by Gasteiger charge is -2.31. The van der Waals surface area contributed by atoms with Gasteiger partial charge in [-0.05, 0) is 36.6 Å². The summed E-state index contributed by atoms with van der Waals surface area (Å²) in [5, 5.41) is 3.71. The Kier molecular flexibility index (Phi) is 5.82. The Hall–Kier alpha value is -2.20. The van der Waals surface area contributed by atoms with Crippen LogP contribution in [0.15, 0.2) is 48.5 Å². The Balaban J connectivity index is 1.83. The summed E-state index contributed by atoms with van der Waals surface area (Å²) in [4.78, 5) is 14.9. The fourth-order valence-electron chi connectivity index (χ4n) is 3.32. The monoisotopic (exact) mass is 358 g/mol. The summed E-state index contributed by atoms with van der Waals surface area (Å²) >= 11 is 6.41. The lowest BCUT2D eigenvalue weighted by atomic mass is 10.0. The van der Waals surface area contributed by atoms with Gasteiger partial charge < -0.3 is 15.0 Å². The highest BCUT2D eigenvalue weighted by atomic mass is 35.5. The molecule has 4 nitrogen and oxygen atoms in total. The van der Waals surface area contributed by atoms with E-state index >= 15 is 0 Å². The molecular formula is C20H23ClN2O2. The van der Waals surface area contributed by atoms with Crippen LogP contribution in [-0.4, -0.2) is 24.6 Å². The van der Waals surface area contributed by atoms with Gasteiger partial charge in [-0.15, -0.1) is 0 Å². The molecule has 1 fully saturated rings. The number of hydrogen-bond acceptors (Lipinski definition) is 2. The summed E-state index contributed by atoms with van der Waals surface area (Å²) in [5.74, 6) is 0.719. The van der Waals surface area contributed by atoms with Crippen LogP contribution in [0.2, 0.25) is 5.02 Å². The SMILES string of the molecule is COc1cccc(NC(=O)N2CCCCC[C@@H]2c2ccccc2Cl)c1. The van der Waals surface area contributed by atoms with Gasteiger partial charge in [-0.3, -0.25) is 0 Å². The predicted octanol–water partition coefficient (Wildman–Crippen LogP) is 5.50. The highest BCUT2D eigenvalue weighted by Gasteiger charge is 2.28. The summed E-state index contributed by atoms with van der Waals surface area (Å²) in [6.45, 7) is 0.728. The maximum absolute atomic E-state index is 12.9. The first-order chi connectivity index (χ1) is 12.2. The number of likely N-dealkylation sites (tertiary alicyclic amines) is 1. The zero-order chi connectivity index (χ0) is 17.6. The van der Waals surface area contributed by atoms with E-state index in [1.54, 1.807) is 7.11 Å². The number of carbonyl (C=O) groups excluding carboxylic acids is 1. The Morgan fingerprint density at radius 3 is 2.80 bits per heavy atom. The van der Waals surface area contributed by atoms with Gasteiger partial charge in [0.2, 0.25) is 0 Å². The highest BCUT2D eigenvalue weighted by Crippen LogP contribution is 2.34. The van der Waals surface area contributed by atoms with Crippen LogP contribution < -0.4 is 10.1 Å². The molecule has 1 heterocycles. The number of urea groups is 1. The Morgan fingerprint density at radius 2 is 2.00 bits per heavy atom. The summed E-state index contributed by atoms with van der Waals surface area (Å²) in [5.41, 5.74) is 1.75. The van der Waals surface area contributed by atoms with Gasteiger partial charge in [0, 0.05) is 23.3 Å². The number of nitrogens with zero attached hydrogens (tertiary/aromatic N) is 1. The third kappa shape index (κ3) is 4.26. The molecule has 1 aliphatic rings. The number of carbonyl (C=O) groups is 1. The van der Waals surface area contributed by atoms with Crippen LogP contribution in [-0.2, 0) is 0 Å². The first-order valence-corrected chi connectivity index (χ1v) is 9.03. The number of amides is 2. The van der Waals surface area contributed by atoms with Crippen LogP contribution in [0.4, 0.5) is 10.5 Å². The number of methoxy groups -OCH3 is 1. The van der Waals surface area contributed by atoms with Crippen LogP contribution in [0.1, 0.15) is 37.3 Å². The molecule has 0 aliphatic carbocycles. The normalized spacial score (nSPS) is 17.7. The molecule has 0 radical (unpaired) electrons. The van der Waals surface area contributed by atoms with Crippen molar-refractivity contribution in [2.45, 2.75) is 31.7 Å². The van der Waals surface area contributed by atoms with Gasteiger partial charge in [0.25, 0.3) is 0 Å². The molecule has 1 aliphatic heterocycles. The molecule has 0 aromatic heterocycles. The molecular weight excluding hydrogens is 336 g/mol. The molecule has 132 valence electrons. The molecule has 2 amide bonds. The summed E-state index contributed by atoms with van der Waals surface area (Å²) in [6.07, 6.45) is 4.16. The summed E-state index contributed by atoms with van der Waals surface area (Å²) in [6, 6.07) is 15.1. The summed E-state index contributed by atoms with van der Waals surface area (Å²) < 4.78 is 5.23. The van der Waals surface area contributed by atoms with Crippen molar-refractivity contribution in [3.05, 3.63) is 59.1 Å². The first-order valence-electron chi connectivity index (χ1n) is 8.65. The molecule has 1 atom stereocenters. The Bertz CT molecular complexity index is 735. The molecule has 2 aromatic rings. The van der Waals surface area contributed by atoms with Gasteiger partial charge in [0.1, 0.15) is 5.75 Å². The Labute approximate surface area is 153 Å². The van der Waals surface area contributed by atoms with Crippen molar-refractivity contribution in [2.75, 3.05) is 19.0 Å². The smallest absolute Gasteiger partial charge is 0.322 e. The fraction of sp³-hybridized carbons (Fsp3) is 0.350. The van der Waals surface area contributed by atoms with E-state index in [1.807, 2.05) is 53.4 Å². The predicted molar refractivity (Wildman–Crippen MR) is 101 cm³/mol. The van der Waals surface area contributed by atoms with Crippen LogP contribution in [0, 0.1) is 0 Å². The second-order valence-electron chi connectivity index (χ2n) is 6.24. The van der Waals surface area contributed by atoms with Gasteiger partial charge >= 0.3 is 6.03 Å². The van der Waals surface area contributed by atoms with Crippen molar-refractivity contribution in [3.63, 3.8) is 0 Å². The number of benzene rings is 2. The minimum atomic E-state index is -0.0972. The average molecular weight is 359 g/mol. The topological polar surface area (TPSA) is 41.6 Å². The van der Waals surface area contributed by atoms with E-state index in [-0.39, 0.29) is 12.1 Å². The molecule has 1 N–H and O–H groups in total. The minimum absolute atomic E-state index is 0.00167. The minimum Gasteiger partial charge on any atom is -0.497 e. The average Bonchev–Trinajstić information content (AvgIpc) is 2.88. The van der Waals surface area contributed by atoms with Crippen molar-refractivity contribution in [1.29, 1.82) is 0 Å². The molecule has 0 bridgehead atoms. The fourth-order valence-corrected chi connectivity index (χ4v) is 3.58. The van der Waals surface area contributed by atoms with Gasteiger partial charge in [-0.2, -0.15) is 0 Å². The lowest BCUT2D eigenvalue weighted by Crippen LogP contribution is -2.38. The molecule has 0 unspecified atom stereocenters. The lowest BCUT2D eigenvalue weighted by molar-refractivity contribution is 0.189. The number of nitrogens with one attached hydrogen (secondary N) is 1. The maximum Gasteiger partial charge on any atom is 0.322 e. The summed E-state index contributed by atoms with van der Waals surface area (Å²) in [7, 11) is 1.61. The van der Waals surface area contributed by atoms with Crippen molar-refractivity contribution >= 4 is 23.3 Å². The van der Waals surface area contributed by atoms with Crippen LogP contribution in [0.3, 0.4) is 0 Å². The van der Waals surface area contributed by atoms with Gasteiger partial charge in [-0.1, -0.05) is 48.7 Å². The van der Waals surface area contributed by atoms with E-state index in [0.717, 1.165) is 49.2 Å². The second kappa shape index (κ2) is 8.26. The van der Waals surface area contributed by atoms with Crippen molar-refractivity contribution in [3.8, 4) is 5.75 Å². The standard InChI is InChI=1S/C20H23ClN2O2/c1-25-16-9-7-8-15(14-16)22-20(24)23-13-6-2-3-12-19(23)17-10-4-5-11-18(17)21/h4-5,7-11,14,19H,2-3,6,12-13H2,1H3,(H,22,24)/t19-/m1/s1. The number of halogens is 1. The van der Waals surface area contributed by atoms with Crippen LogP contribution >= 0.6 is 11.6 Å². The van der Waals surface area contributed by atoms with E-state index in [2.05, 4.69) is 5.32 Å². The first kappa shape index (κ1) is 17.6. The zero-order valence-corrected chi connectivity index (χ0v) is 15.1. The molecule has 0 saturated carbocycles. The third-order valence-corrected chi connectivity index (χ3v) is 4.94. The van der Waals surface area contributed by atoms with Gasteiger partial charge in [0.15, 0.2) is 0 Å². The number of anilines is 1. The van der Waals surface area contributed by atoms with E-state index < -0.39 is 0 Å². The van der Waals surface area contributed by atoms with E-state index in [1.165, 1.54) is 0 Å². The molecule has 3 rings (SSSR count). The molecule has 2 aromatic carbocycles. The van der Waals surface area contributed by atoms with Gasteiger partial charge in [0.05, 0.1) is 13.2 Å². The second-order valence-corrected chi connectivity index (χ2v) is 6.65. The maximum atomic E-state index is 12.9. The zero-order valence-electron chi connectivity index (χ0n) is 14.4. The molecule has 1 saturated heterocycles. The quantitative estimate of drug-likeness (QED) is 0.787.